The Kier molecular flexibility index (Phi) is 6.07. The Hall–Kier alpha value is -1.96. The van der Waals surface area contributed by atoms with Crippen molar-refractivity contribution in [1.29, 1.82) is 0 Å². The summed E-state index contributed by atoms with van der Waals surface area (Å²) in [5, 5.41) is 0. The molecule has 2 fully saturated rings. The number of nitrogens with one attached hydrogen (secondary N) is 1. The van der Waals surface area contributed by atoms with Gasteiger partial charge in [0, 0.05) is 24.7 Å². The van der Waals surface area contributed by atoms with Crippen LogP contribution in [0.15, 0.2) is 17.1 Å². The van der Waals surface area contributed by atoms with Crippen molar-refractivity contribution in [3.63, 3.8) is 0 Å². The topological polar surface area (TPSA) is 84.8 Å². The second kappa shape index (κ2) is 8.19. The fraction of sp³-hybridized carbons (Fsp3) is 0.600. The number of rotatable bonds is 7. The van der Waals surface area contributed by atoms with E-state index in [-0.39, 0.29) is 16.9 Å². The fourth-order valence-electron chi connectivity index (χ4n) is 3.87. The fourth-order valence-corrected chi connectivity index (χ4v) is 4.32. The van der Waals surface area contributed by atoms with Crippen LogP contribution in [-0.2, 0) is 10.0 Å². The molecule has 0 saturated heterocycles. The van der Waals surface area contributed by atoms with Crippen LogP contribution in [0, 0.1) is 11.2 Å². The molecule has 0 heterocycles. The average molecular weight is 411 g/mol. The van der Waals surface area contributed by atoms with Gasteiger partial charge in [-0.15, -0.1) is 0 Å². The van der Waals surface area contributed by atoms with Crippen molar-refractivity contribution in [3.05, 3.63) is 29.1 Å². The van der Waals surface area contributed by atoms with Gasteiger partial charge in [0.05, 0.1) is 18.4 Å². The van der Waals surface area contributed by atoms with Crippen LogP contribution in [0.5, 0.6) is 5.75 Å². The number of ether oxygens (including phenoxy) is 1. The Morgan fingerprint density at radius 1 is 1.32 bits per heavy atom. The molecule has 2 saturated carbocycles. The molecule has 1 aromatic carbocycles. The molecule has 0 bridgehead atoms. The lowest BCUT2D eigenvalue weighted by Crippen LogP contribution is -2.33. The number of aliphatic imine (C=N–C) groups is 1. The Morgan fingerprint density at radius 3 is 2.57 bits per heavy atom. The lowest BCUT2D eigenvalue weighted by molar-refractivity contribution is 0.0977. The van der Waals surface area contributed by atoms with Crippen LogP contribution in [-0.4, -0.2) is 40.4 Å². The van der Waals surface area contributed by atoms with Gasteiger partial charge >= 0.3 is 0 Å². The number of sulfonamides is 1. The summed E-state index contributed by atoms with van der Waals surface area (Å²) in [6.45, 7) is 0.415. The van der Waals surface area contributed by atoms with Crippen LogP contribution in [0.2, 0.25) is 0 Å². The van der Waals surface area contributed by atoms with Crippen LogP contribution in [0.4, 0.5) is 4.39 Å². The molecule has 0 radical (unpaired) electrons. The van der Waals surface area contributed by atoms with Crippen molar-refractivity contribution in [2.45, 2.75) is 50.9 Å². The second-order valence-electron chi connectivity index (χ2n) is 7.95. The van der Waals surface area contributed by atoms with Crippen molar-refractivity contribution in [2.24, 2.45) is 10.4 Å². The largest absolute Gasteiger partial charge is 0.492 e. The van der Waals surface area contributed by atoms with Gasteiger partial charge in [0.2, 0.25) is 10.0 Å². The zero-order valence-corrected chi connectivity index (χ0v) is 17.1. The molecule has 2 aliphatic carbocycles. The highest BCUT2D eigenvalue weighted by Gasteiger charge is 2.34. The number of halogens is 1. The third-order valence-corrected chi connectivity index (χ3v) is 5.96. The summed E-state index contributed by atoms with van der Waals surface area (Å²) in [6.07, 6.45) is 10.1. The Morgan fingerprint density at radius 2 is 2.00 bits per heavy atom. The van der Waals surface area contributed by atoms with E-state index in [0.717, 1.165) is 50.3 Å². The van der Waals surface area contributed by atoms with E-state index in [9.17, 15) is 17.6 Å². The molecule has 0 spiro atoms. The first-order valence-electron chi connectivity index (χ1n) is 9.65. The first kappa shape index (κ1) is 20.8. The Balaban J connectivity index is 1.85. The third-order valence-electron chi connectivity index (χ3n) is 5.41. The van der Waals surface area contributed by atoms with Crippen LogP contribution < -0.4 is 9.46 Å². The molecule has 6 nitrogen and oxygen atoms in total. The molecular weight excluding hydrogens is 383 g/mol. The highest BCUT2D eigenvalue weighted by molar-refractivity contribution is 7.89. The van der Waals surface area contributed by atoms with Gasteiger partial charge in [-0.1, -0.05) is 19.3 Å². The lowest BCUT2D eigenvalue weighted by Gasteiger charge is -2.33. The summed E-state index contributed by atoms with van der Waals surface area (Å²) in [6, 6.07) is 2.65. The maximum absolute atomic E-state index is 14.6. The monoisotopic (exact) mass is 410 g/mol. The highest BCUT2D eigenvalue weighted by Crippen LogP contribution is 2.46. The zero-order chi connectivity index (χ0) is 20.4. The molecule has 1 N–H and O–H groups in total. The normalized spacial score (nSPS) is 19.5. The third kappa shape index (κ3) is 5.10. The lowest BCUT2D eigenvalue weighted by atomic mass is 9.75. The maximum atomic E-state index is 14.6. The van der Waals surface area contributed by atoms with E-state index >= 15 is 0 Å². The minimum absolute atomic E-state index is 0.142. The summed E-state index contributed by atoms with van der Waals surface area (Å²) in [4.78, 5) is 16.4. The standard InChI is InChI=1S/C20H27FN2O4S/c1-22-12-20(8-4-3-5-9-20)13-27-18-11-17(21)16(10-15(18)14-6-7-14)19(24)23-28(2,25)26/h10-12,14H,3-9,13H2,1-2H3,(H,23,24). The van der Waals surface area contributed by atoms with Crippen molar-refractivity contribution in [2.75, 3.05) is 19.9 Å². The summed E-state index contributed by atoms with van der Waals surface area (Å²) >= 11 is 0. The number of nitrogens with zero attached hydrogens (tertiary/aromatic N) is 1. The molecule has 3 rings (SSSR count). The number of hydrogen-bond acceptors (Lipinski definition) is 5. The summed E-state index contributed by atoms with van der Waals surface area (Å²) in [7, 11) is -2.02. The summed E-state index contributed by atoms with van der Waals surface area (Å²) in [5.74, 6) is -1.11. The summed E-state index contributed by atoms with van der Waals surface area (Å²) < 4.78 is 45.1. The molecule has 8 heteroatoms. The first-order valence-corrected chi connectivity index (χ1v) is 11.5. The minimum Gasteiger partial charge on any atom is -0.492 e. The van der Waals surface area contributed by atoms with Gasteiger partial charge in [0.1, 0.15) is 11.6 Å². The van der Waals surface area contributed by atoms with Gasteiger partial charge in [-0.3, -0.25) is 4.79 Å². The quantitative estimate of drug-likeness (QED) is 0.698. The second-order valence-corrected chi connectivity index (χ2v) is 9.69. The van der Waals surface area contributed by atoms with Gasteiger partial charge in [-0.2, -0.15) is 0 Å². The van der Waals surface area contributed by atoms with Crippen LogP contribution >= 0.6 is 0 Å². The van der Waals surface area contributed by atoms with Gasteiger partial charge in [-0.25, -0.2) is 17.5 Å². The molecule has 0 unspecified atom stereocenters. The van der Waals surface area contributed by atoms with Crippen LogP contribution in [0.25, 0.3) is 0 Å². The average Bonchev–Trinajstić information content (AvgIpc) is 3.44. The van der Waals surface area contributed by atoms with E-state index < -0.39 is 21.7 Å². The number of amides is 1. The van der Waals surface area contributed by atoms with Gasteiger partial charge in [-0.05, 0) is 43.2 Å². The molecule has 154 valence electrons. The number of benzene rings is 1. The van der Waals surface area contributed by atoms with Gasteiger partial charge in [0.15, 0.2) is 0 Å². The van der Waals surface area contributed by atoms with E-state index in [1.165, 1.54) is 18.6 Å². The predicted molar refractivity (Wildman–Crippen MR) is 106 cm³/mol. The molecule has 0 atom stereocenters. The van der Waals surface area contributed by atoms with Crippen molar-refractivity contribution >= 4 is 22.1 Å². The molecular formula is C20H27FN2O4S. The molecule has 2 aliphatic rings. The van der Waals surface area contributed by atoms with E-state index in [1.807, 2.05) is 10.9 Å². The molecule has 1 amide bonds. The van der Waals surface area contributed by atoms with Crippen molar-refractivity contribution < 1.29 is 22.3 Å². The zero-order valence-electron chi connectivity index (χ0n) is 16.3. The van der Waals surface area contributed by atoms with Crippen LogP contribution in [0.3, 0.4) is 0 Å². The van der Waals surface area contributed by atoms with E-state index in [2.05, 4.69) is 4.99 Å². The minimum atomic E-state index is -3.77. The van der Waals surface area contributed by atoms with Gasteiger partial charge in [0.25, 0.3) is 5.91 Å². The van der Waals surface area contributed by atoms with E-state index in [4.69, 9.17) is 4.74 Å². The van der Waals surface area contributed by atoms with E-state index in [1.54, 1.807) is 7.05 Å². The number of carbonyl (C=O) groups is 1. The SMILES string of the molecule is CN=CC1(COc2cc(F)c(C(=O)NS(C)(=O)=O)cc2C2CC2)CCCCC1. The predicted octanol–water partition coefficient (Wildman–Crippen LogP) is 3.42. The molecule has 0 aromatic heterocycles. The van der Waals surface area contributed by atoms with Crippen molar-refractivity contribution in [1.82, 2.24) is 4.72 Å². The smallest absolute Gasteiger partial charge is 0.267 e. The number of hydrogen-bond donors (Lipinski definition) is 1. The first-order chi connectivity index (χ1) is 13.2. The van der Waals surface area contributed by atoms with Crippen molar-refractivity contribution in [3.8, 4) is 5.75 Å². The number of carbonyl (C=O) groups excluding carboxylic acids is 1. The summed E-state index contributed by atoms with van der Waals surface area (Å²) in [5.41, 5.74) is 0.345. The Bertz CT molecular complexity index is 872. The van der Waals surface area contributed by atoms with E-state index in [0.29, 0.717) is 12.4 Å². The highest BCUT2D eigenvalue weighted by atomic mass is 32.2. The molecule has 28 heavy (non-hydrogen) atoms. The molecule has 1 aromatic rings. The van der Waals surface area contributed by atoms with Gasteiger partial charge < -0.3 is 9.73 Å². The maximum Gasteiger partial charge on any atom is 0.267 e. The molecule has 0 aliphatic heterocycles. The van der Waals surface area contributed by atoms with Crippen LogP contribution in [0.1, 0.15) is 66.8 Å². The Labute approximate surface area is 165 Å².